The van der Waals surface area contributed by atoms with Crippen LogP contribution in [0.3, 0.4) is 0 Å². The van der Waals surface area contributed by atoms with Crippen LogP contribution in [0.1, 0.15) is 12.8 Å². The molecule has 7 heteroatoms. The summed E-state index contributed by atoms with van der Waals surface area (Å²) < 4.78 is 1.96. The molecule has 0 spiro atoms. The Labute approximate surface area is 150 Å². The molecular weight excluding hydrogens is 330 g/mol. The number of amides is 2. The Hall–Kier alpha value is -3.48. The Morgan fingerprint density at radius 3 is 2.65 bits per heavy atom. The number of carbonyl (C=O) groups is 2. The fourth-order valence-electron chi connectivity index (χ4n) is 2.83. The van der Waals surface area contributed by atoms with E-state index in [1.165, 1.54) is 5.01 Å². The second-order valence-corrected chi connectivity index (χ2v) is 6.09. The van der Waals surface area contributed by atoms with Crippen LogP contribution in [0.5, 0.6) is 0 Å². The lowest BCUT2D eigenvalue weighted by molar-refractivity contribution is -0.130. The van der Waals surface area contributed by atoms with E-state index >= 15 is 0 Å². The van der Waals surface area contributed by atoms with Crippen LogP contribution in [0.4, 0.5) is 5.69 Å². The lowest BCUT2D eigenvalue weighted by atomic mass is 10.1. The summed E-state index contributed by atoms with van der Waals surface area (Å²) in [6.07, 6.45) is 4.57. The molecule has 0 unspecified atom stereocenters. The zero-order valence-corrected chi connectivity index (χ0v) is 14.2. The molecule has 26 heavy (non-hydrogen) atoms. The first-order valence-electron chi connectivity index (χ1n) is 8.30. The van der Waals surface area contributed by atoms with Crippen molar-refractivity contribution >= 4 is 28.9 Å². The van der Waals surface area contributed by atoms with Crippen molar-refractivity contribution in [3.8, 4) is 11.3 Å². The molecule has 7 nitrogen and oxygen atoms in total. The summed E-state index contributed by atoms with van der Waals surface area (Å²) >= 11 is 0. The number of rotatable bonds is 3. The quantitative estimate of drug-likeness (QED) is 0.791. The maximum absolute atomic E-state index is 12.3. The van der Waals surface area contributed by atoms with Gasteiger partial charge in [-0.05, 0) is 24.3 Å². The van der Waals surface area contributed by atoms with E-state index in [1.54, 1.807) is 7.05 Å². The van der Waals surface area contributed by atoms with Gasteiger partial charge in [0.1, 0.15) is 11.4 Å². The number of carbonyl (C=O) groups excluding carboxylic acids is 2. The summed E-state index contributed by atoms with van der Waals surface area (Å²) in [5.74, 6) is -0.372. The average molecular weight is 347 g/mol. The molecule has 4 rings (SSSR count). The molecule has 0 radical (unpaired) electrons. The molecule has 0 atom stereocenters. The summed E-state index contributed by atoms with van der Waals surface area (Å²) in [5, 5.41) is 8.06. The molecule has 2 aromatic heterocycles. The molecule has 130 valence electrons. The summed E-state index contributed by atoms with van der Waals surface area (Å²) in [6.45, 7) is 0. The summed E-state index contributed by atoms with van der Waals surface area (Å²) in [5.41, 5.74) is 3.74. The zero-order valence-electron chi connectivity index (χ0n) is 14.2. The lowest BCUT2D eigenvalue weighted by Gasteiger charge is -2.18. The van der Waals surface area contributed by atoms with E-state index < -0.39 is 0 Å². The number of nitrogens with zero attached hydrogens (tertiary/aromatic N) is 4. The average Bonchev–Trinajstić information content (AvgIpc) is 3.08. The second kappa shape index (κ2) is 6.44. The molecule has 0 fully saturated rings. The van der Waals surface area contributed by atoms with Gasteiger partial charge in [0, 0.05) is 43.5 Å². The van der Waals surface area contributed by atoms with Gasteiger partial charge in [0.15, 0.2) is 0 Å². The monoisotopic (exact) mass is 347 g/mol. The van der Waals surface area contributed by atoms with Gasteiger partial charge in [-0.15, -0.1) is 0 Å². The van der Waals surface area contributed by atoms with Crippen LogP contribution in [0.25, 0.3) is 16.9 Å². The van der Waals surface area contributed by atoms with Crippen molar-refractivity contribution in [2.45, 2.75) is 12.8 Å². The fourth-order valence-corrected chi connectivity index (χ4v) is 2.83. The zero-order chi connectivity index (χ0) is 18.1. The Morgan fingerprint density at radius 2 is 1.92 bits per heavy atom. The Morgan fingerprint density at radius 1 is 1.12 bits per heavy atom. The molecule has 1 aliphatic heterocycles. The third kappa shape index (κ3) is 3.06. The van der Waals surface area contributed by atoms with Crippen molar-refractivity contribution < 1.29 is 9.59 Å². The van der Waals surface area contributed by atoms with Crippen molar-refractivity contribution in [1.29, 1.82) is 0 Å². The molecule has 0 aliphatic carbocycles. The summed E-state index contributed by atoms with van der Waals surface area (Å²) in [7, 11) is 1.55. The van der Waals surface area contributed by atoms with E-state index in [9.17, 15) is 9.59 Å². The van der Waals surface area contributed by atoms with E-state index in [0.717, 1.165) is 16.9 Å². The SMILES string of the molecule is CN1N=C(C(=O)Nc2ccc(-c3cn4ccccc4n3)cc2)CCC1=O. The van der Waals surface area contributed by atoms with E-state index in [1.807, 2.05) is 59.3 Å². The molecule has 2 amide bonds. The normalized spacial score (nSPS) is 14.4. The van der Waals surface area contributed by atoms with Crippen LogP contribution in [0, 0.1) is 0 Å². The Kier molecular flexibility index (Phi) is 3.96. The largest absolute Gasteiger partial charge is 0.321 e. The number of benzene rings is 1. The van der Waals surface area contributed by atoms with Gasteiger partial charge in [-0.1, -0.05) is 18.2 Å². The van der Waals surface area contributed by atoms with Crippen molar-refractivity contribution in [1.82, 2.24) is 14.4 Å². The van der Waals surface area contributed by atoms with Crippen molar-refractivity contribution in [3.05, 3.63) is 54.9 Å². The first-order chi connectivity index (χ1) is 12.6. The van der Waals surface area contributed by atoms with Crippen molar-refractivity contribution in [3.63, 3.8) is 0 Å². The van der Waals surface area contributed by atoms with E-state index in [-0.39, 0.29) is 11.8 Å². The van der Waals surface area contributed by atoms with Crippen LogP contribution in [0.15, 0.2) is 60.0 Å². The predicted molar refractivity (Wildman–Crippen MR) is 98.7 cm³/mol. The maximum Gasteiger partial charge on any atom is 0.271 e. The van der Waals surface area contributed by atoms with Gasteiger partial charge in [-0.25, -0.2) is 9.99 Å². The number of nitrogens with one attached hydrogen (secondary N) is 1. The van der Waals surface area contributed by atoms with Crippen LogP contribution in [-0.2, 0) is 9.59 Å². The molecule has 0 saturated carbocycles. The van der Waals surface area contributed by atoms with Gasteiger partial charge in [0.25, 0.3) is 5.91 Å². The summed E-state index contributed by atoms with van der Waals surface area (Å²) in [4.78, 5) is 28.3. The standard InChI is InChI=1S/C19H17N5O2/c1-23-18(25)10-9-15(22-23)19(26)20-14-7-5-13(6-8-14)16-12-24-11-3-2-4-17(24)21-16/h2-8,11-12H,9-10H2,1H3,(H,20,26). The molecule has 1 N–H and O–H groups in total. The predicted octanol–water partition coefficient (Wildman–Crippen LogP) is 2.55. The molecule has 1 aromatic carbocycles. The minimum Gasteiger partial charge on any atom is -0.321 e. The maximum atomic E-state index is 12.3. The molecule has 0 bridgehead atoms. The van der Waals surface area contributed by atoms with Crippen LogP contribution in [-0.4, -0.2) is 39.0 Å². The number of fused-ring (bicyclic) bond motifs is 1. The molecule has 3 heterocycles. The van der Waals surface area contributed by atoms with Gasteiger partial charge < -0.3 is 9.72 Å². The molecular formula is C19H17N5O2. The van der Waals surface area contributed by atoms with E-state index in [4.69, 9.17) is 0 Å². The fraction of sp³-hybridized carbons (Fsp3) is 0.158. The highest BCUT2D eigenvalue weighted by atomic mass is 16.2. The number of imidazole rings is 1. The third-order valence-corrected chi connectivity index (χ3v) is 4.27. The first-order valence-corrected chi connectivity index (χ1v) is 8.30. The van der Waals surface area contributed by atoms with Crippen LogP contribution >= 0.6 is 0 Å². The molecule has 1 aliphatic rings. The highest BCUT2D eigenvalue weighted by Crippen LogP contribution is 2.21. The van der Waals surface area contributed by atoms with E-state index in [2.05, 4.69) is 15.4 Å². The van der Waals surface area contributed by atoms with E-state index in [0.29, 0.717) is 24.2 Å². The second-order valence-electron chi connectivity index (χ2n) is 6.09. The minimum atomic E-state index is -0.287. The number of hydrogen-bond donors (Lipinski definition) is 1. The lowest BCUT2D eigenvalue weighted by Crippen LogP contribution is -2.34. The highest BCUT2D eigenvalue weighted by Gasteiger charge is 2.21. The van der Waals surface area contributed by atoms with Gasteiger partial charge in [-0.2, -0.15) is 5.10 Å². The van der Waals surface area contributed by atoms with Crippen molar-refractivity contribution in [2.75, 3.05) is 12.4 Å². The molecule has 3 aromatic rings. The van der Waals surface area contributed by atoms with Gasteiger partial charge >= 0.3 is 0 Å². The summed E-state index contributed by atoms with van der Waals surface area (Å²) in [6, 6.07) is 13.3. The smallest absolute Gasteiger partial charge is 0.271 e. The minimum absolute atomic E-state index is 0.0849. The number of pyridine rings is 1. The van der Waals surface area contributed by atoms with Crippen LogP contribution < -0.4 is 5.32 Å². The van der Waals surface area contributed by atoms with Gasteiger partial charge in [0.05, 0.1) is 5.69 Å². The third-order valence-electron chi connectivity index (χ3n) is 4.27. The number of hydrogen-bond acceptors (Lipinski definition) is 4. The van der Waals surface area contributed by atoms with Crippen molar-refractivity contribution in [2.24, 2.45) is 5.10 Å². The highest BCUT2D eigenvalue weighted by molar-refractivity contribution is 6.43. The Bertz CT molecular complexity index is 987. The number of aromatic nitrogens is 2. The Balaban J connectivity index is 1.50. The van der Waals surface area contributed by atoms with Gasteiger partial charge in [-0.3, -0.25) is 9.59 Å². The van der Waals surface area contributed by atoms with Crippen LogP contribution in [0.2, 0.25) is 0 Å². The molecule has 0 saturated heterocycles. The number of anilines is 1. The number of hydrazone groups is 1. The first kappa shape index (κ1) is 16.0. The van der Waals surface area contributed by atoms with Gasteiger partial charge in [0.2, 0.25) is 5.91 Å². The topological polar surface area (TPSA) is 79.1 Å².